The fourth-order valence-electron chi connectivity index (χ4n) is 6.78. The number of ether oxygens (including phenoxy) is 8. The van der Waals surface area contributed by atoms with Crippen molar-refractivity contribution in [3.05, 3.63) is 36.0 Å². The Morgan fingerprint density at radius 2 is 1.64 bits per heavy atom. The monoisotopic (exact) mass is 710 g/mol. The molecule has 0 bridgehead atoms. The van der Waals surface area contributed by atoms with Crippen LogP contribution in [-0.2, 0) is 42.7 Å². The molecule has 13 unspecified atom stereocenters. The summed E-state index contributed by atoms with van der Waals surface area (Å²) in [5, 5.41) is 11.4. The molecule has 10 nitrogen and oxygen atoms in total. The van der Waals surface area contributed by atoms with Crippen molar-refractivity contribution in [1.82, 2.24) is 0 Å². The van der Waals surface area contributed by atoms with Crippen LogP contribution in [0.25, 0.3) is 0 Å². The minimum absolute atomic E-state index is 0.0487. The van der Waals surface area contributed by atoms with E-state index in [1.54, 1.807) is 6.08 Å². The second-order valence-electron chi connectivity index (χ2n) is 14.2. The van der Waals surface area contributed by atoms with Gasteiger partial charge in [-0.3, -0.25) is 4.79 Å². The van der Waals surface area contributed by atoms with Crippen LogP contribution in [0.5, 0.6) is 0 Å². The van der Waals surface area contributed by atoms with E-state index in [0.29, 0.717) is 32.7 Å². The summed E-state index contributed by atoms with van der Waals surface area (Å²) < 4.78 is 47.6. The van der Waals surface area contributed by atoms with Crippen molar-refractivity contribution in [1.29, 1.82) is 0 Å². The number of esters is 1. The highest BCUT2D eigenvalue weighted by Crippen LogP contribution is 2.38. The summed E-state index contributed by atoms with van der Waals surface area (Å²) in [5.74, 6) is 0.000983. The smallest absolute Gasteiger partial charge is 0.309 e. The minimum Gasteiger partial charge on any atom is -0.457 e. The van der Waals surface area contributed by atoms with Crippen molar-refractivity contribution in [3.63, 3.8) is 0 Å². The molecule has 0 aromatic carbocycles. The second-order valence-corrected chi connectivity index (χ2v) is 14.2. The molecule has 50 heavy (non-hydrogen) atoms. The van der Waals surface area contributed by atoms with Gasteiger partial charge >= 0.3 is 5.97 Å². The molecule has 1 saturated heterocycles. The standard InChI is InChI=1S/C40H70O10/c1-13-34(47-31(10)44-15-3)29(8)39-35(48-39)24-26(5)18-17-19-27(6)38-28(7)20-21-36(41)40(12,50-32(11)45-16-4)23-22-33(25-37(42)49-38)46-30(9)43-14-2/h17-21,26,28-36,38-39,41H,13-16,22-25H2,1-12H3/b18-17+,21-20-,27-19+. The summed E-state index contributed by atoms with van der Waals surface area (Å²) >= 11 is 0. The second kappa shape index (κ2) is 22.4. The van der Waals surface area contributed by atoms with Crippen molar-refractivity contribution in [2.45, 2.75) is 176 Å². The molecule has 2 rings (SSSR count). The Labute approximate surface area is 303 Å². The first kappa shape index (κ1) is 44.5. The lowest BCUT2D eigenvalue weighted by Crippen LogP contribution is -2.45. The van der Waals surface area contributed by atoms with Crippen LogP contribution in [0.4, 0.5) is 0 Å². The molecule has 10 heteroatoms. The van der Waals surface area contributed by atoms with E-state index < -0.39 is 36.5 Å². The number of carbonyl (C=O) groups excluding carboxylic acids is 1. The summed E-state index contributed by atoms with van der Waals surface area (Å²) in [7, 11) is 0. The Kier molecular flexibility index (Phi) is 20.0. The first-order chi connectivity index (χ1) is 23.7. The van der Waals surface area contributed by atoms with E-state index >= 15 is 0 Å². The molecule has 0 spiro atoms. The molecule has 2 heterocycles. The number of rotatable bonds is 20. The van der Waals surface area contributed by atoms with Crippen molar-refractivity contribution in [2.24, 2.45) is 17.8 Å². The predicted octanol–water partition coefficient (Wildman–Crippen LogP) is 7.67. The van der Waals surface area contributed by atoms with Gasteiger partial charge in [-0.25, -0.2) is 0 Å². The fourth-order valence-corrected chi connectivity index (χ4v) is 6.78. The van der Waals surface area contributed by atoms with Crippen LogP contribution in [-0.4, -0.2) is 92.0 Å². The molecular formula is C40H70O10. The van der Waals surface area contributed by atoms with Gasteiger partial charge < -0.3 is 43.0 Å². The van der Waals surface area contributed by atoms with Gasteiger partial charge in [0.15, 0.2) is 18.9 Å². The van der Waals surface area contributed by atoms with E-state index in [4.69, 9.17) is 37.9 Å². The molecule has 290 valence electrons. The van der Waals surface area contributed by atoms with Crippen LogP contribution in [0.1, 0.15) is 115 Å². The van der Waals surface area contributed by atoms with Crippen LogP contribution in [0.3, 0.4) is 0 Å². The van der Waals surface area contributed by atoms with Gasteiger partial charge in [0.25, 0.3) is 0 Å². The van der Waals surface area contributed by atoms with Crippen molar-refractivity contribution in [3.8, 4) is 0 Å². The van der Waals surface area contributed by atoms with Gasteiger partial charge in [-0.1, -0.05) is 58.1 Å². The molecule has 0 saturated carbocycles. The van der Waals surface area contributed by atoms with Gasteiger partial charge in [-0.2, -0.15) is 0 Å². The maximum atomic E-state index is 13.4. The maximum Gasteiger partial charge on any atom is 0.309 e. The number of cyclic esters (lactones) is 1. The third-order valence-electron chi connectivity index (χ3n) is 9.69. The van der Waals surface area contributed by atoms with E-state index in [1.165, 1.54) is 0 Å². The van der Waals surface area contributed by atoms with Crippen LogP contribution in [0.2, 0.25) is 0 Å². The minimum atomic E-state index is -0.974. The average Bonchev–Trinajstić information content (AvgIpc) is 3.81. The molecule has 0 aromatic rings. The number of hydrogen-bond acceptors (Lipinski definition) is 10. The van der Waals surface area contributed by atoms with Crippen molar-refractivity contribution < 1.29 is 47.8 Å². The first-order valence-electron chi connectivity index (χ1n) is 19.1. The largest absolute Gasteiger partial charge is 0.457 e. The Morgan fingerprint density at radius 3 is 2.28 bits per heavy atom. The zero-order chi connectivity index (χ0) is 37.4. The summed E-state index contributed by atoms with van der Waals surface area (Å²) in [5.41, 5.74) is -0.0758. The fraction of sp³-hybridized carbons (Fsp3) is 0.825. The van der Waals surface area contributed by atoms with Gasteiger partial charge in [0, 0.05) is 31.7 Å². The van der Waals surface area contributed by atoms with E-state index in [0.717, 1.165) is 18.4 Å². The van der Waals surface area contributed by atoms with Gasteiger partial charge in [0.1, 0.15) is 12.2 Å². The molecule has 0 radical (unpaired) electrons. The molecule has 0 aliphatic carbocycles. The Hall–Kier alpha value is -1.63. The van der Waals surface area contributed by atoms with E-state index in [2.05, 4.69) is 26.8 Å². The molecular weight excluding hydrogens is 640 g/mol. The quantitative estimate of drug-likeness (QED) is 0.0444. The number of carbonyl (C=O) groups is 1. The highest BCUT2D eigenvalue weighted by atomic mass is 16.7. The van der Waals surface area contributed by atoms with Gasteiger partial charge in [-0.05, 0) is 92.6 Å². The Balaban J connectivity index is 2.17. The van der Waals surface area contributed by atoms with Crippen LogP contribution < -0.4 is 0 Å². The van der Waals surface area contributed by atoms with E-state index in [1.807, 2.05) is 80.5 Å². The third kappa shape index (κ3) is 15.2. The van der Waals surface area contributed by atoms with Crippen molar-refractivity contribution in [2.75, 3.05) is 19.8 Å². The van der Waals surface area contributed by atoms with Gasteiger partial charge in [0.2, 0.25) is 0 Å². The van der Waals surface area contributed by atoms with Crippen LogP contribution >= 0.6 is 0 Å². The molecule has 13 atom stereocenters. The summed E-state index contributed by atoms with van der Waals surface area (Å²) in [6.07, 6.45) is 9.86. The molecule has 2 aliphatic heterocycles. The molecule has 2 aliphatic rings. The summed E-state index contributed by atoms with van der Waals surface area (Å²) in [6.45, 7) is 25.3. The molecule has 1 fully saturated rings. The highest BCUT2D eigenvalue weighted by molar-refractivity contribution is 5.70. The number of aliphatic hydroxyl groups excluding tert-OH is 1. The SMILES string of the molecule is CCOC(C)OC1CCC(C)(OC(C)OCC)C(O)/C=C\C(C)C(/C(C)=C/C=C/C(C)CC2OC2C(C)C(CC)OC(C)OCC)OC(=O)C1. The molecule has 0 amide bonds. The normalized spacial score (nSPS) is 32.7. The number of epoxide rings is 1. The van der Waals surface area contributed by atoms with Gasteiger partial charge in [0.05, 0.1) is 36.4 Å². The first-order valence-corrected chi connectivity index (χ1v) is 19.1. The predicted molar refractivity (Wildman–Crippen MR) is 195 cm³/mol. The zero-order valence-corrected chi connectivity index (χ0v) is 33.1. The highest BCUT2D eigenvalue weighted by Gasteiger charge is 2.46. The Bertz CT molecular complexity index is 1060. The van der Waals surface area contributed by atoms with Crippen LogP contribution in [0, 0.1) is 17.8 Å². The van der Waals surface area contributed by atoms with E-state index in [-0.39, 0.29) is 54.7 Å². The van der Waals surface area contributed by atoms with Crippen molar-refractivity contribution >= 4 is 5.97 Å². The number of aliphatic hydroxyl groups is 1. The topological polar surface area (TPSA) is 114 Å². The van der Waals surface area contributed by atoms with Crippen LogP contribution in [0.15, 0.2) is 36.0 Å². The maximum absolute atomic E-state index is 13.4. The lowest BCUT2D eigenvalue weighted by atomic mass is 9.88. The average molecular weight is 711 g/mol. The molecule has 1 N–H and O–H groups in total. The van der Waals surface area contributed by atoms with Gasteiger partial charge in [-0.15, -0.1) is 0 Å². The molecule has 0 aromatic heterocycles. The summed E-state index contributed by atoms with van der Waals surface area (Å²) in [4.78, 5) is 13.4. The Morgan fingerprint density at radius 1 is 1.00 bits per heavy atom. The lowest BCUT2D eigenvalue weighted by molar-refractivity contribution is -0.224. The summed E-state index contributed by atoms with van der Waals surface area (Å²) in [6, 6.07) is 0. The lowest BCUT2D eigenvalue weighted by Gasteiger charge is -2.37. The number of hydrogen-bond donors (Lipinski definition) is 1. The van der Waals surface area contributed by atoms with E-state index in [9.17, 15) is 9.90 Å². The third-order valence-corrected chi connectivity index (χ3v) is 9.69. The zero-order valence-electron chi connectivity index (χ0n) is 33.1. The number of allylic oxidation sites excluding steroid dienone is 3.